The molecular weight excluding hydrogens is 380 g/mol. The van der Waals surface area contributed by atoms with Crippen molar-refractivity contribution in [2.45, 2.75) is 19.8 Å². The van der Waals surface area contributed by atoms with Gasteiger partial charge in [0.05, 0.1) is 7.11 Å². The third kappa shape index (κ3) is 4.46. The van der Waals surface area contributed by atoms with E-state index in [9.17, 15) is 4.79 Å². The molecule has 0 aliphatic carbocycles. The molecule has 3 aromatic rings. The normalized spacial score (nSPS) is 11.2. The maximum absolute atomic E-state index is 10.5. The number of carboxylic acid groups (broad SMARTS) is 1. The number of carbonyl (C=O) groups is 1. The molecule has 146 valence electrons. The molecule has 0 spiro atoms. The molecule has 0 unspecified atom stereocenters. The summed E-state index contributed by atoms with van der Waals surface area (Å²) in [6.45, 7) is 2.28. The van der Waals surface area contributed by atoms with Crippen LogP contribution in [0.25, 0.3) is 10.9 Å². The Hall–Kier alpha value is -2.99. The summed E-state index contributed by atoms with van der Waals surface area (Å²) in [7, 11) is 1.66. The van der Waals surface area contributed by atoms with Crippen LogP contribution in [-0.4, -0.2) is 36.0 Å². The first-order valence-electron chi connectivity index (χ1n) is 8.79. The van der Waals surface area contributed by atoms with Gasteiger partial charge >= 0.3 is 5.97 Å². The summed E-state index contributed by atoms with van der Waals surface area (Å²) in [5, 5.41) is 13.8. The molecule has 6 nitrogen and oxygen atoms in total. The van der Waals surface area contributed by atoms with Gasteiger partial charge in [0, 0.05) is 40.0 Å². The smallest absolute Gasteiger partial charge is 0.350 e. The van der Waals surface area contributed by atoms with E-state index < -0.39 is 5.97 Å². The third-order valence-electron chi connectivity index (χ3n) is 4.54. The average molecular weight is 401 g/mol. The van der Waals surface area contributed by atoms with Crippen LogP contribution in [0, 0.1) is 6.92 Å². The van der Waals surface area contributed by atoms with Gasteiger partial charge in [-0.1, -0.05) is 28.9 Å². The van der Waals surface area contributed by atoms with Crippen molar-refractivity contribution in [1.82, 2.24) is 4.98 Å². The van der Waals surface area contributed by atoms with Crippen LogP contribution in [0.4, 0.5) is 0 Å². The van der Waals surface area contributed by atoms with Crippen molar-refractivity contribution in [2.75, 3.05) is 13.7 Å². The van der Waals surface area contributed by atoms with Crippen molar-refractivity contribution >= 4 is 34.7 Å². The number of aliphatic carboxylic acids is 1. The van der Waals surface area contributed by atoms with Crippen molar-refractivity contribution in [3.05, 3.63) is 63.8 Å². The Kier molecular flexibility index (Phi) is 6.21. The molecule has 3 rings (SSSR count). The second kappa shape index (κ2) is 8.80. The lowest BCUT2D eigenvalue weighted by molar-refractivity contribution is -0.129. The number of hydrogen-bond donors (Lipinski definition) is 2. The van der Waals surface area contributed by atoms with Gasteiger partial charge in [-0.15, -0.1) is 0 Å². The number of hydrogen-bond acceptors (Lipinski definition) is 4. The van der Waals surface area contributed by atoms with Crippen LogP contribution in [0.15, 0.2) is 41.6 Å². The van der Waals surface area contributed by atoms with Crippen molar-refractivity contribution < 1.29 is 19.5 Å². The van der Waals surface area contributed by atoms with E-state index >= 15 is 0 Å². The molecule has 0 aliphatic heterocycles. The molecule has 0 fully saturated rings. The summed E-state index contributed by atoms with van der Waals surface area (Å²) in [6.07, 6.45) is 2.01. The van der Waals surface area contributed by atoms with Gasteiger partial charge < -0.3 is 19.7 Å². The third-order valence-corrected chi connectivity index (χ3v) is 4.79. The highest BCUT2D eigenvalue weighted by Crippen LogP contribution is 2.34. The lowest BCUT2D eigenvalue weighted by Crippen LogP contribution is -2.01. The number of methoxy groups -OCH3 is 1. The number of rotatable bonds is 8. The van der Waals surface area contributed by atoms with Gasteiger partial charge in [-0.3, -0.25) is 0 Å². The molecule has 0 radical (unpaired) electrons. The highest BCUT2D eigenvalue weighted by atomic mass is 35.5. The van der Waals surface area contributed by atoms with Crippen molar-refractivity contribution in [3.63, 3.8) is 0 Å². The molecule has 0 bridgehead atoms. The lowest BCUT2D eigenvalue weighted by atomic mass is 9.96. The fourth-order valence-electron chi connectivity index (χ4n) is 3.31. The van der Waals surface area contributed by atoms with Crippen LogP contribution >= 0.6 is 11.6 Å². The second-order valence-electron chi connectivity index (χ2n) is 6.36. The number of benzene rings is 2. The van der Waals surface area contributed by atoms with E-state index in [0.29, 0.717) is 17.9 Å². The Labute approximate surface area is 167 Å². The second-order valence-corrected chi connectivity index (χ2v) is 6.79. The van der Waals surface area contributed by atoms with E-state index in [1.807, 2.05) is 43.3 Å². The number of ether oxygens (including phenoxy) is 1. The number of aromatic nitrogens is 1. The average Bonchev–Trinajstić information content (AvgIpc) is 2.99. The van der Waals surface area contributed by atoms with E-state index in [2.05, 4.69) is 10.1 Å². The zero-order valence-electron chi connectivity index (χ0n) is 15.7. The predicted molar refractivity (Wildman–Crippen MR) is 110 cm³/mol. The first kappa shape index (κ1) is 19.8. The predicted octanol–water partition coefficient (Wildman–Crippen LogP) is 4.36. The largest absolute Gasteiger partial charge is 0.496 e. The number of halogens is 1. The fourth-order valence-corrected chi connectivity index (χ4v) is 3.44. The van der Waals surface area contributed by atoms with E-state index in [-0.39, 0.29) is 6.61 Å². The minimum Gasteiger partial charge on any atom is -0.496 e. The molecule has 28 heavy (non-hydrogen) atoms. The van der Waals surface area contributed by atoms with Crippen molar-refractivity contribution in [2.24, 2.45) is 5.16 Å². The molecule has 2 N–H and O–H groups in total. The number of aryl methyl sites for hydroxylation is 1. The number of oxime groups is 1. The molecule has 7 heteroatoms. The van der Waals surface area contributed by atoms with Gasteiger partial charge in [0.2, 0.25) is 0 Å². The zero-order valence-corrected chi connectivity index (χ0v) is 16.4. The van der Waals surface area contributed by atoms with Crippen LogP contribution in [0.5, 0.6) is 5.75 Å². The molecule has 0 atom stereocenters. The summed E-state index contributed by atoms with van der Waals surface area (Å²) < 4.78 is 5.62. The number of H-pyrrole nitrogens is 1. The Balaban J connectivity index is 1.96. The van der Waals surface area contributed by atoms with Crippen molar-refractivity contribution in [1.29, 1.82) is 0 Å². The Morgan fingerprint density at radius 2 is 1.96 bits per heavy atom. The minimum atomic E-state index is -1.14. The number of nitrogens with one attached hydrogen (secondary N) is 1. The van der Waals surface area contributed by atoms with E-state index in [1.54, 1.807) is 7.11 Å². The van der Waals surface area contributed by atoms with Crippen LogP contribution in [0.3, 0.4) is 0 Å². The summed E-state index contributed by atoms with van der Waals surface area (Å²) in [5.41, 5.74) is 5.36. The van der Waals surface area contributed by atoms with Crippen LogP contribution in [-0.2, 0) is 22.5 Å². The lowest BCUT2D eigenvalue weighted by Gasteiger charge is -2.12. The number of carboxylic acids is 1. The Morgan fingerprint density at radius 3 is 2.64 bits per heavy atom. The maximum atomic E-state index is 10.5. The zero-order chi connectivity index (χ0) is 20.1. The highest BCUT2D eigenvalue weighted by molar-refractivity contribution is 6.30. The molecule has 1 heterocycles. The topological polar surface area (TPSA) is 83.9 Å². The molecule has 0 amide bonds. The van der Waals surface area contributed by atoms with Gasteiger partial charge in [0.1, 0.15) is 12.4 Å². The van der Waals surface area contributed by atoms with Crippen LogP contribution < -0.4 is 4.74 Å². The van der Waals surface area contributed by atoms with Gasteiger partial charge in [-0.2, -0.15) is 0 Å². The summed E-state index contributed by atoms with van der Waals surface area (Å²) >= 11 is 6.01. The summed E-state index contributed by atoms with van der Waals surface area (Å²) in [4.78, 5) is 19.0. The van der Waals surface area contributed by atoms with E-state index in [1.165, 1.54) is 0 Å². The highest BCUT2D eigenvalue weighted by Gasteiger charge is 2.17. The van der Waals surface area contributed by atoms with Crippen LogP contribution in [0.1, 0.15) is 22.4 Å². The standard InChI is InChI=1S/C21H21ClN2O4/c1-13-16(9-10-28-23-12-20(25)26)21-17(11-14-3-5-15(22)6-4-14)19(27-2)8-7-18(21)24-13/h3-8,12,24H,9-11H2,1-2H3,(H,25,26). The number of nitrogens with zero attached hydrogens (tertiary/aromatic N) is 1. The van der Waals surface area contributed by atoms with Crippen LogP contribution in [0.2, 0.25) is 5.02 Å². The number of aromatic amines is 1. The monoisotopic (exact) mass is 400 g/mol. The number of fused-ring (bicyclic) bond motifs is 1. The van der Waals surface area contributed by atoms with Gasteiger partial charge in [-0.05, 0) is 42.3 Å². The Bertz CT molecular complexity index is 1010. The molecule has 1 aromatic heterocycles. The van der Waals surface area contributed by atoms with E-state index in [0.717, 1.165) is 45.3 Å². The Morgan fingerprint density at radius 1 is 1.21 bits per heavy atom. The van der Waals surface area contributed by atoms with Crippen molar-refractivity contribution in [3.8, 4) is 5.75 Å². The van der Waals surface area contributed by atoms with E-state index in [4.69, 9.17) is 26.3 Å². The molecule has 0 saturated carbocycles. The first-order chi connectivity index (χ1) is 13.5. The molecule has 0 aliphatic rings. The summed E-state index contributed by atoms with van der Waals surface area (Å²) in [5.74, 6) is -0.328. The maximum Gasteiger partial charge on any atom is 0.350 e. The minimum absolute atomic E-state index is 0.273. The summed E-state index contributed by atoms with van der Waals surface area (Å²) in [6, 6.07) is 11.7. The molecular formula is C21H21ClN2O4. The molecule has 2 aromatic carbocycles. The van der Waals surface area contributed by atoms with Gasteiger partial charge in [-0.25, -0.2) is 4.79 Å². The quantitative estimate of drug-likeness (QED) is 0.334. The molecule has 0 saturated heterocycles. The SMILES string of the molecule is COc1ccc2[nH]c(C)c(CCON=CC(=O)O)c2c1Cc1ccc(Cl)cc1. The first-order valence-corrected chi connectivity index (χ1v) is 9.17. The fraction of sp³-hybridized carbons (Fsp3) is 0.238. The van der Waals surface area contributed by atoms with Gasteiger partial charge in [0.15, 0.2) is 6.21 Å². The van der Waals surface area contributed by atoms with Gasteiger partial charge in [0.25, 0.3) is 0 Å².